The summed E-state index contributed by atoms with van der Waals surface area (Å²) in [5.74, 6) is 0.161. The number of nitrogens with zero attached hydrogens (tertiary/aromatic N) is 3. The van der Waals surface area contributed by atoms with Crippen LogP contribution in [-0.2, 0) is 7.05 Å². The van der Waals surface area contributed by atoms with Crippen molar-refractivity contribution in [3.8, 4) is 0 Å². The number of carbonyl (C=O) groups excluding carboxylic acids is 1. The summed E-state index contributed by atoms with van der Waals surface area (Å²) in [6.45, 7) is 5.73. The summed E-state index contributed by atoms with van der Waals surface area (Å²) in [5.41, 5.74) is 2.60. The molecule has 0 aromatic carbocycles. The van der Waals surface area contributed by atoms with Gasteiger partial charge in [-0.3, -0.25) is 9.48 Å². The van der Waals surface area contributed by atoms with Crippen LogP contribution >= 0.6 is 0 Å². The zero-order valence-corrected chi connectivity index (χ0v) is 13.1. The Morgan fingerprint density at radius 1 is 1.40 bits per heavy atom. The number of nitrogens with one attached hydrogen (secondary N) is 1. The Balaban J connectivity index is 2.20. The minimum atomic E-state index is 0.161. The molecule has 112 valence electrons. The molecule has 0 saturated carbocycles. The van der Waals surface area contributed by atoms with E-state index < -0.39 is 0 Å². The molecule has 0 radical (unpaired) electrons. The third kappa shape index (κ3) is 2.87. The van der Waals surface area contributed by atoms with Crippen molar-refractivity contribution in [1.82, 2.24) is 20.0 Å². The number of carbonyl (C=O) groups is 1. The van der Waals surface area contributed by atoms with Crippen LogP contribution in [0.25, 0.3) is 0 Å². The van der Waals surface area contributed by atoms with Crippen molar-refractivity contribution < 1.29 is 4.79 Å². The molecule has 1 aliphatic heterocycles. The van der Waals surface area contributed by atoms with Gasteiger partial charge in [-0.2, -0.15) is 5.10 Å². The molecular weight excluding hydrogens is 252 g/mol. The van der Waals surface area contributed by atoms with Gasteiger partial charge in [-0.1, -0.05) is 0 Å². The first-order valence-corrected chi connectivity index (χ1v) is 7.52. The Labute approximate surface area is 121 Å². The highest BCUT2D eigenvalue weighted by atomic mass is 16.2. The fourth-order valence-corrected chi connectivity index (χ4v) is 3.11. The van der Waals surface area contributed by atoms with E-state index in [-0.39, 0.29) is 5.91 Å². The Bertz CT molecular complexity index is 480. The molecule has 1 N–H and O–H groups in total. The molecule has 2 heterocycles. The molecule has 1 saturated heterocycles. The van der Waals surface area contributed by atoms with Crippen LogP contribution in [-0.4, -0.2) is 46.8 Å². The molecule has 5 heteroatoms. The SMILES string of the molecule is CNCCC1CCCCN1C(=O)c1c(C)nn(C)c1C. The predicted octanol–water partition coefficient (Wildman–Crippen LogP) is 1.64. The van der Waals surface area contributed by atoms with Crippen molar-refractivity contribution in [1.29, 1.82) is 0 Å². The van der Waals surface area contributed by atoms with E-state index >= 15 is 0 Å². The van der Waals surface area contributed by atoms with Crippen LogP contribution in [0.4, 0.5) is 0 Å². The predicted molar refractivity (Wildman–Crippen MR) is 79.9 cm³/mol. The van der Waals surface area contributed by atoms with Crippen molar-refractivity contribution >= 4 is 5.91 Å². The van der Waals surface area contributed by atoms with Crippen LogP contribution in [0.3, 0.4) is 0 Å². The molecule has 1 aliphatic rings. The number of hydrogen-bond donors (Lipinski definition) is 1. The molecular formula is C15H26N4O. The smallest absolute Gasteiger partial charge is 0.257 e. The van der Waals surface area contributed by atoms with E-state index in [1.807, 2.05) is 27.9 Å². The molecule has 20 heavy (non-hydrogen) atoms. The van der Waals surface area contributed by atoms with Gasteiger partial charge >= 0.3 is 0 Å². The van der Waals surface area contributed by atoms with Crippen LogP contribution in [0, 0.1) is 13.8 Å². The lowest BCUT2D eigenvalue weighted by atomic mass is 9.98. The Morgan fingerprint density at radius 2 is 2.15 bits per heavy atom. The maximum atomic E-state index is 12.9. The van der Waals surface area contributed by atoms with Crippen LogP contribution in [0.5, 0.6) is 0 Å². The van der Waals surface area contributed by atoms with Gasteiger partial charge in [0.2, 0.25) is 0 Å². The Kier molecular flexibility index (Phi) is 4.81. The standard InChI is InChI=1S/C15H26N4O/c1-11-14(12(2)18(4)17-11)15(20)19-10-6-5-7-13(19)8-9-16-3/h13,16H,5-10H2,1-4H3. The molecule has 5 nitrogen and oxygen atoms in total. The molecule has 2 rings (SSSR count). The van der Waals surface area contributed by atoms with Gasteiger partial charge in [0.15, 0.2) is 0 Å². The highest BCUT2D eigenvalue weighted by molar-refractivity contribution is 5.96. The number of aryl methyl sites for hydroxylation is 2. The number of piperidine rings is 1. The number of amides is 1. The second-order valence-electron chi connectivity index (χ2n) is 5.71. The van der Waals surface area contributed by atoms with Crippen molar-refractivity contribution in [2.45, 2.75) is 45.6 Å². The minimum absolute atomic E-state index is 0.161. The Hall–Kier alpha value is -1.36. The van der Waals surface area contributed by atoms with Gasteiger partial charge < -0.3 is 10.2 Å². The molecule has 1 fully saturated rings. The molecule has 1 aromatic heterocycles. The number of aromatic nitrogens is 2. The van der Waals surface area contributed by atoms with Gasteiger partial charge in [0.1, 0.15) is 0 Å². The normalized spacial score (nSPS) is 19.4. The number of rotatable bonds is 4. The average molecular weight is 278 g/mol. The van der Waals surface area contributed by atoms with E-state index in [9.17, 15) is 4.79 Å². The summed E-state index contributed by atoms with van der Waals surface area (Å²) in [4.78, 5) is 14.9. The monoisotopic (exact) mass is 278 g/mol. The van der Waals surface area contributed by atoms with E-state index in [0.717, 1.165) is 49.3 Å². The fourth-order valence-electron chi connectivity index (χ4n) is 3.11. The van der Waals surface area contributed by atoms with Crippen LogP contribution in [0.1, 0.15) is 47.4 Å². The van der Waals surface area contributed by atoms with Gasteiger partial charge in [-0.25, -0.2) is 0 Å². The summed E-state index contributed by atoms with van der Waals surface area (Å²) in [7, 11) is 3.86. The van der Waals surface area contributed by atoms with Crippen LogP contribution in [0.15, 0.2) is 0 Å². The first-order valence-electron chi connectivity index (χ1n) is 7.52. The minimum Gasteiger partial charge on any atom is -0.336 e. The van der Waals surface area contributed by atoms with E-state index in [0.29, 0.717) is 6.04 Å². The number of hydrogen-bond acceptors (Lipinski definition) is 3. The van der Waals surface area contributed by atoms with E-state index in [1.165, 1.54) is 6.42 Å². The van der Waals surface area contributed by atoms with Crippen LogP contribution in [0.2, 0.25) is 0 Å². The van der Waals surface area contributed by atoms with Gasteiger partial charge in [-0.15, -0.1) is 0 Å². The zero-order chi connectivity index (χ0) is 14.7. The first-order chi connectivity index (χ1) is 9.56. The molecule has 0 bridgehead atoms. The molecule has 0 aliphatic carbocycles. The maximum Gasteiger partial charge on any atom is 0.257 e. The largest absolute Gasteiger partial charge is 0.336 e. The van der Waals surface area contributed by atoms with E-state index in [4.69, 9.17) is 0 Å². The average Bonchev–Trinajstić information content (AvgIpc) is 2.69. The number of likely N-dealkylation sites (tertiary alicyclic amines) is 1. The lowest BCUT2D eigenvalue weighted by Gasteiger charge is -2.36. The fraction of sp³-hybridized carbons (Fsp3) is 0.733. The second-order valence-corrected chi connectivity index (χ2v) is 5.71. The van der Waals surface area contributed by atoms with Crippen molar-refractivity contribution in [2.24, 2.45) is 7.05 Å². The van der Waals surface area contributed by atoms with Gasteiger partial charge in [0.25, 0.3) is 5.91 Å². The lowest BCUT2D eigenvalue weighted by Crippen LogP contribution is -2.45. The highest BCUT2D eigenvalue weighted by Gasteiger charge is 2.30. The van der Waals surface area contributed by atoms with E-state index in [1.54, 1.807) is 4.68 Å². The first kappa shape index (κ1) is 15.0. The lowest BCUT2D eigenvalue weighted by molar-refractivity contribution is 0.0601. The molecule has 1 aromatic rings. The van der Waals surface area contributed by atoms with Gasteiger partial charge in [0, 0.05) is 25.3 Å². The molecule has 1 atom stereocenters. The highest BCUT2D eigenvalue weighted by Crippen LogP contribution is 2.24. The van der Waals surface area contributed by atoms with E-state index in [2.05, 4.69) is 15.3 Å². The van der Waals surface area contributed by atoms with Gasteiger partial charge in [0.05, 0.1) is 11.3 Å². The van der Waals surface area contributed by atoms with Crippen molar-refractivity contribution in [3.63, 3.8) is 0 Å². The maximum absolute atomic E-state index is 12.9. The Morgan fingerprint density at radius 3 is 2.75 bits per heavy atom. The van der Waals surface area contributed by atoms with Crippen molar-refractivity contribution in [2.75, 3.05) is 20.1 Å². The third-order valence-electron chi connectivity index (χ3n) is 4.34. The molecule has 1 amide bonds. The summed E-state index contributed by atoms with van der Waals surface area (Å²) in [5, 5.41) is 7.56. The topological polar surface area (TPSA) is 50.2 Å². The van der Waals surface area contributed by atoms with Crippen molar-refractivity contribution in [3.05, 3.63) is 17.0 Å². The zero-order valence-electron chi connectivity index (χ0n) is 13.1. The second kappa shape index (κ2) is 6.39. The molecule has 1 unspecified atom stereocenters. The summed E-state index contributed by atoms with van der Waals surface area (Å²) in [6, 6.07) is 0.364. The summed E-state index contributed by atoms with van der Waals surface area (Å²) in [6.07, 6.45) is 4.48. The van der Waals surface area contributed by atoms with Gasteiger partial charge in [-0.05, 0) is 53.1 Å². The quantitative estimate of drug-likeness (QED) is 0.911. The third-order valence-corrected chi connectivity index (χ3v) is 4.34. The van der Waals surface area contributed by atoms with Crippen LogP contribution < -0.4 is 5.32 Å². The summed E-state index contributed by atoms with van der Waals surface area (Å²) < 4.78 is 1.80. The summed E-state index contributed by atoms with van der Waals surface area (Å²) >= 11 is 0. The molecule has 0 spiro atoms.